The molecule has 0 aliphatic carbocycles. The molecule has 0 saturated heterocycles. The number of nitrogens with zero attached hydrogens (tertiary/aromatic N) is 3. The minimum Gasteiger partial charge on any atom is -0.504 e. The summed E-state index contributed by atoms with van der Waals surface area (Å²) in [5, 5.41) is 14.0. The number of phenols is 1. The number of phenolic OH excluding ortho intramolecular Hbond substituents is 1. The molecule has 6 nitrogen and oxygen atoms in total. The van der Waals surface area contributed by atoms with Crippen molar-refractivity contribution in [2.75, 3.05) is 12.8 Å². The Morgan fingerprint density at radius 3 is 2.89 bits per heavy atom. The van der Waals surface area contributed by atoms with Crippen LogP contribution in [-0.4, -0.2) is 28.1 Å². The molecule has 0 radical (unpaired) electrons. The van der Waals surface area contributed by atoms with E-state index in [9.17, 15) is 5.11 Å². The summed E-state index contributed by atoms with van der Waals surface area (Å²) in [6.07, 6.45) is 3.19. The SMILES string of the molecule is COc1cccc(C=Nn2cc(C)nc2N)c1O. The molecular weight excluding hydrogens is 232 g/mol. The van der Waals surface area contributed by atoms with E-state index in [-0.39, 0.29) is 5.75 Å². The van der Waals surface area contributed by atoms with Gasteiger partial charge in [0.1, 0.15) is 0 Å². The van der Waals surface area contributed by atoms with Gasteiger partial charge in [0.25, 0.3) is 0 Å². The number of nitrogens with two attached hydrogens (primary N) is 1. The predicted octanol–water partition coefficient (Wildman–Crippen LogP) is 1.37. The van der Waals surface area contributed by atoms with Gasteiger partial charge in [-0.15, -0.1) is 0 Å². The molecule has 0 aliphatic heterocycles. The van der Waals surface area contributed by atoms with Crippen molar-refractivity contribution in [1.82, 2.24) is 9.66 Å². The van der Waals surface area contributed by atoms with E-state index in [1.807, 2.05) is 6.92 Å². The van der Waals surface area contributed by atoms with E-state index in [2.05, 4.69) is 10.1 Å². The maximum absolute atomic E-state index is 9.87. The van der Waals surface area contributed by atoms with Crippen LogP contribution in [0.25, 0.3) is 0 Å². The monoisotopic (exact) mass is 246 g/mol. The zero-order valence-corrected chi connectivity index (χ0v) is 10.2. The number of aromatic hydroxyl groups is 1. The number of benzene rings is 1. The fourth-order valence-corrected chi connectivity index (χ4v) is 1.53. The Morgan fingerprint density at radius 2 is 2.28 bits per heavy atom. The van der Waals surface area contributed by atoms with Gasteiger partial charge in [0.15, 0.2) is 11.5 Å². The van der Waals surface area contributed by atoms with Gasteiger partial charge in [-0.2, -0.15) is 5.10 Å². The molecule has 18 heavy (non-hydrogen) atoms. The fraction of sp³-hybridized carbons (Fsp3) is 0.167. The standard InChI is InChI=1S/C12H14N4O2/c1-8-7-16(12(13)15-8)14-6-9-4-3-5-10(18-2)11(9)17/h3-7,17H,1-2H3,(H2,13,15). The molecule has 0 saturated carbocycles. The van der Waals surface area contributed by atoms with Crippen LogP contribution >= 0.6 is 0 Å². The third-order valence-electron chi connectivity index (χ3n) is 2.41. The normalized spacial score (nSPS) is 11.0. The number of para-hydroxylation sites is 1. The lowest BCUT2D eigenvalue weighted by molar-refractivity contribution is 0.373. The smallest absolute Gasteiger partial charge is 0.221 e. The Kier molecular flexibility index (Phi) is 3.18. The van der Waals surface area contributed by atoms with Crippen molar-refractivity contribution in [1.29, 1.82) is 0 Å². The lowest BCUT2D eigenvalue weighted by atomic mass is 10.2. The van der Waals surface area contributed by atoms with Crippen LogP contribution in [0.1, 0.15) is 11.3 Å². The molecule has 1 heterocycles. The first kappa shape index (κ1) is 12.0. The second-order valence-electron chi connectivity index (χ2n) is 3.73. The van der Waals surface area contributed by atoms with Gasteiger partial charge < -0.3 is 15.6 Å². The highest BCUT2D eigenvalue weighted by atomic mass is 16.5. The van der Waals surface area contributed by atoms with Crippen molar-refractivity contribution >= 4 is 12.2 Å². The van der Waals surface area contributed by atoms with E-state index in [0.717, 1.165) is 5.69 Å². The number of rotatable bonds is 3. The van der Waals surface area contributed by atoms with Crippen LogP contribution in [0, 0.1) is 6.92 Å². The van der Waals surface area contributed by atoms with Gasteiger partial charge in [0.05, 0.1) is 25.2 Å². The zero-order valence-electron chi connectivity index (χ0n) is 10.2. The first-order chi connectivity index (χ1) is 8.61. The van der Waals surface area contributed by atoms with Gasteiger partial charge in [0, 0.05) is 5.56 Å². The summed E-state index contributed by atoms with van der Waals surface area (Å²) in [6, 6.07) is 5.16. The molecule has 2 rings (SSSR count). The van der Waals surface area contributed by atoms with E-state index in [1.165, 1.54) is 18.0 Å². The van der Waals surface area contributed by atoms with Crippen molar-refractivity contribution < 1.29 is 9.84 Å². The number of nitrogen functional groups attached to an aromatic ring is 1. The molecule has 0 atom stereocenters. The highest BCUT2D eigenvalue weighted by molar-refractivity contribution is 5.84. The number of methoxy groups -OCH3 is 1. The summed E-state index contributed by atoms with van der Waals surface area (Å²) in [6.45, 7) is 1.82. The second kappa shape index (κ2) is 4.79. The van der Waals surface area contributed by atoms with Crippen molar-refractivity contribution in [2.24, 2.45) is 5.10 Å². The van der Waals surface area contributed by atoms with Crippen LogP contribution in [-0.2, 0) is 0 Å². The number of aromatic nitrogens is 2. The van der Waals surface area contributed by atoms with Crippen molar-refractivity contribution in [3.05, 3.63) is 35.7 Å². The molecule has 0 unspecified atom stereocenters. The Bertz CT molecular complexity index is 590. The van der Waals surface area contributed by atoms with Crippen LogP contribution < -0.4 is 10.5 Å². The van der Waals surface area contributed by atoms with E-state index in [4.69, 9.17) is 10.5 Å². The first-order valence-corrected chi connectivity index (χ1v) is 5.33. The van der Waals surface area contributed by atoms with E-state index in [0.29, 0.717) is 17.3 Å². The molecule has 1 aromatic heterocycles. The molecule has 2 aromatic rings. The maximum atomic E-state index is 9.87. The predicted molar refractivity (Wildman–Crippen MR) is 69.0 cm³/mol. The van der Waals surface area contributed by atoms with Gasteiger partial charge >= 0.3 is 0 Å². The van der Waals surface area contributed by atoms with Crippen LogP contribution in [0.3, 0.4) is 0 Å². The van der Waals surface area contributed by atoms with Crippen LogP contribution in [0.15, 0.2) is 29.5 Å². The van der Waals surface area contributed by atoms with Crippen LogP contribution in [0.2, 0.25) is 0 Å². The molecular formula is C12H14N4O2. The zero-order chi connectivity index (χ0) is 13.1. The maximum Gasteiger partial charge on any atom is 0.221 e. The number of imidazole rings is 1. The Labute approximate surface area is 104 Å². The minimum atomic E-state index is 0.0409. The number of aryl methyl sites for hydroxylation is 1. The quantitative estimate of drug-likeness (QED) is 0.801. The number of hydrogen-bond acceptors (Lipinski definition) is 5. The Balaban J connectivity index is 2.32. The van der Waals surface area contributed by atoms with Crippen molar-refractivity contribution in [3.8, 4) is 11.5 Å². The summed E-state index contributed by atoms with van der Waals surface area (Å²) in [7, 11) is 1.49. The lowest BCUT2D eigenvalue weighted by Gasteiger charge is -2.04. The number of hydrogen-bond donors (Lipinski definition) is 2. The van der Waals surface area contributed by atoms with E-state index >= 15 is 0 Å². The molecule has 0 bridgehead atoms. The fourth-order valence-electron chi connectivity index (χ4n) is 1.53. The topological polar surface area (TPSA) is 85.7 Å². The first-order valence-electron chi connectivity index (χ1n) is 5.33. The van der Waals surface area contributed by atoms with Gasteiger partial charge in [-0.1, -0.05) is 6.07 Å². The van der Waals surface area contributed by atoms with E-state index < -0.39 is 0 Å². The molecule has 3 N–H and O–H groups in total. The summed E-state index contributed by atoms with van der Waals surface area (Å²) in [5.41, 5.74) is 6.97. The van der Waals surface area contributed by atoms with Gasteiger partial charge in [0.2, 0.25) is 5.95 Å². The van der Waals surface area contributed by atoms with Gasteiger partial charge in [-0.25, -0.2) is 9.66 Å². The van der Waals surface area contributed by atoms with Gasteiger partial charge in [-0.3, -0.25) is 0 Å². The molecule has 0 spiro atoms. The Hall–Kier alpha value is -2.50. The third-order valence-corrected chi connectivity index (χ3v) is 2.41. The Morgan fingerprint density at radius 1 is 1.50 bits per heavy atom. The highest BCUT2D eigenvalue weighted by Gasteiger charge is 2.05. The summed E-state index contributed by atoms with van der Waals surface area (Å²) in [5.74, 6) is 0.735. The molecule has 0 fully saturated rings. The summed E-state index contributed by atoms with van der Waals surface area (Å²) < 4.78 is 6.45. The summed E-state index contributed by atoms with van der Waals surface area (Å²) >= 11 is 0. The summed E-state index contributed by atoms with van der Waals surface area (Å²) in [4.78, 5) is 4.02. The number of ether oxygens (including phenoxy) is 1. The van der Waals surface area contributed by atoms with Crippen LogP contribution in [0.5, 0.6) is 11.5 Å². The average Bonchev–Trinajstić information content (AvgIpc) is 2.66. The highest BCUT2D eigenvalue weighted by Crippen LogP contribution is 2.28. The van der Waals surface area contributed by atoms with Gasteiger partial charge in [-0.05, 0) is 19.1 Å². The molecule has 94 valence electrons. The largest absolute Gasteiger partial charge is 0.504 e. The molecule has 1 aromatic carbocycles. The third kappa shape index (κ3) is 2.27. The molecule has 6 heteroatoms. The van der Waals surface area contributed by atoms with E-state index in [1.54, 1.807) is 24.4 Å². The minimum absolute atomic E-state index is 0.0409. The second-order valence-corrected chi connectivity index (χ2v) is 3.73. The lowest BCUT2D eigenvalue weighted by Crippen LogP contribution is -1.97. The van der Waals surface area contributed by atoms with Crippen molar-refractivity contribution in [3.63, 3.8) is 0 Å². The van der Waals surface area contributed by atoms with Crippen molar-refractivity contribution in [2.45, 2.75) is 6.92 Å². The molecule has 0 aliphatic rings. The number of anilines is 1. The van der Waals surface area contributed by atoms with Crippen LogP contribution in [0.4, 0.5) is 5.95 Å². The average molecular weight is 246 g/mol. The molecule has 0 amide bonds.